The van der Waals surface area contributed by atoms with Crippen LogP contribution >= 0.6 is 0 Å². The third kappa shape index (κ3) is 4.57. The van der Waals surface area contributed by atoms with Gasteiger partial charge >= 0.3 is 0 Å². The van der Waals surface area contributed by atoms with Gasteiger partial charge < -0.3 is 11.1 Å². The third-order valence-corrected chi connectivity index (χ3v) is 2.64. The van der Waals surface area contributed by atoms with Gasteiger partial charge in [-0.15, -0.1) is 0 Å². The summed E-state index contributed by atoms with van der Waals surface area (Å²) in [5, 5.41) is 3.00. The van der Waals surface area contributed by atoms with Crippen molar-refractivity contribution in [3.63, 3.8) is 0 Å². The Morgan fingerprint density at radius 1 is 1.24 bits per heavy atom. The molecule has 1 aromatic rings. The summed E-state index contributed by atoms with van der Waals surface area (Å²) in [4.78, 5) is 11.7. The lowest BCUT2D eigenvalue weighted by Gasteiger charge is -2.22. The van der Waals surface area contributed by atoms with E-state index in [1.807, 2.05) is 30.3 Å². The van der Waals surface area contributed by atoms with Gasteiger partial charge in [-0.2, -0.15) is 0 Å². The van der Waals surface area contributed by atoms with Crippen molar-refractivity contribution in [1.82, 2.24) is 5.32 Å². The van der Waals surface area contributed by atoms with Crippen molar-refractivity contribution in [3.05, 3.63) is 35.9 Å². The fourth-order valence-electron chi connectivity index (χ4n) is 1.74. The molecule has 0 saturated heterocycles. The van der Waals surface area contributed by atoms with E-state index in [0.29, 0.717) is 5.92 Å². The lowest BCUT2D eigenvalue weighted by atomic mass is 9.97. The van der Waals surface area contributed by atoms with E-state index in [9.17, 15) is 4.79 Å². The monoisotopic (exact) mass is 234 g/mol. The maximum absolute atomic E-state index is 11.7. The maximum atomic E-state index is 11.7. The first-order chi connectivity index (χ1) is 8.00. The van der Waals surface area contributed by atoms with Gasteiger partial charge in [-0.1, -0.05) is 44.2 Å². The Balaban J connectivity index is 2.78. The topological polar surface area (TPSA) is 55.1 Å². The summed E-state index contributed by atoms with van der Waals surface area (Å²) in [5.74, 6) is 0.424. The number of hydrogen-bond acceptors (Lipinski definition) is 2. The highest BCUT2D eigenvalue weighted by atomic mass is 16.2. The highest BCUT2D eigenvalue weighted by Crippen LogP contribution is 2.20. The minimum atomic E-state index is -0.464. The van der Waals surface area contributed by atoms with Gasteiger partial charge in [0, 0.05) is 0 Å². The second kappa shape index (κ2) is 6.40. The van der Waals surface area contributed by atoms with Crippen molar-refractivity contribution in [1.29, 1.82) is 0 Å². The van der Waals surface area contributed by atoms with Crippen LogP contribution in [0.15, 0.2) is 30.3 Å². The second-order valence-electron chi connectivity index (χ2n) is 4.89. The molecule has 0 bridgehead atoms. The van der Waals surface area contributed by atoms with Crippen LogP contribution in [-0.4, -0.2) is 11.9 Å². The van der Waals surface area contributed by atoms with Gasteiger partial charge in [0.15, 0.2) is 0 Å². The molecular formula is C14H22N2O. The molecule has 0 fully saturated rings. The lowest BCUT2D eigenvalue weighted by Crippen LogP contribution is -2.40. The molecule has 0 aliphatic carbocycles. The number of amides is 1. The number of nitrogens with two attached hydrogens (primary N) is 1. The van der Waals surface area contributed by atoms with Crippen LogP contribution in [-0.2, 0) is 4.79 Å². The van der Waals surface area contributed by atoms with Gasteiger partial charge in [-0.3, -0.25) is 4.79 Å². The number of benzene rings is 1. The van der Waals surface area contributed by atoms with E-state index < -0.39 is 6.04 Å². The summed E-state index contributed by atoms with van der Waals surface area (Å²) in [5.41, 5.74) is 6.72. The van der Waals surface area contributed by atoms with Crippen molar-refractivity contribution in [2.75, 3.05) is 0 Å². The number of nitrogens with one attached hydrogen (secondary N) is 1. The minimum absolute atomic E-state index is 0.0506. The van der Waals surface area contributed by atoms with E-state index in [-0.39, 0.29) is 11.9 Å². The number of hydrogen-bond donors (Lipinski definition) is 2. The summed E-state index contributed by atoms with van der Waals surface area (Å²) in [6, 6.07) is 9.61. The van der Waals surface area contributed by atoms with Crippen molar-refractivity contribution in [2.45, 2.75) is 39.3 Å². The smallest absolute Gasteiger partial charge is 0.237 e. The number of carbonyl (C=O) groups is 1. The normalized spacial score (nSPS) is 14.4. The average Bonchev–Trinajstić information content (AvgIpc) is 2.28. The van der Waals surface area contributed by atoms with Gasteiger partial charge in [-0.05, 0) is 24.8 Å². The molecule has 3 N–H and O–H groups in total. The first-order valence-electron chi connectivity index (χ1n) is 6.11. The first kappa shape index (κ1) is 13.7. The molecule has 0 aromatic heterocycles. The molecule has 2 atom stereocenters. The van der Waals surface area contributed by atoms with E-state index in [0.717, 1.165) is 12.0 Å². The molecule has 17 heavy (non-hydrogen) atoms. The molecule has 1 amide bonds. The Morgan fingerprint density at radius 2 is 1.82 bits per heavy atom. The fourth-order valence-corrected chi connectivity index (χ4v) is 1.74. The quantitative estimate of drug-likeness (QED) is 0.821. The van der Waals surface area contributed by atoms with Crippen molar-refractivity contribution < 1.29 is 4.79 Å². The molecule has 0 aliphatic rings. The van der Waals surface area contributed by atoms with E-state index >= 15 is 0 Å². The highest BCUT2D eigenvalue weighted by molar-refractivity contribution is 5.81. The molecule has 1 rings (SSSR count). The van der Waals surface area contributed by atoms with Crippen molar-refractivity contribution >= 4 is 5.91 Å². The largest absolute Gasteiger partial charge is 0.348 e. The van der Waals surface area contributed by atoms with Crippen LogP contribution in [0.3, 0.4) is 0 Å². The van der Waals surface area contributed by atoms with E-state index in [4.69, 9.17) is 5.73 Å². The zero-order valence-corrected chi connectivity index (χ0v) is 10.8. The summed E-state index contributed by atoms with van der Waals surface area (Å²) in [6.45, 7) is 5.99. The molecule has 3 nitrogen and oxygen atoms in total. The minimum Gasteiger partial charge on any atom is -0.348 e. The Bertz CT molecular complexity index is 346. The van der Waals surface area contributed by atoms with Crippen LogP contribution in [0.25, 0.3) is 0 Å². The Kier molecular flexibility index (Phi) is 5.16. The van der Waals surface area contributed by atoms with Crippen LogP contribution in [0.1, 0.15) is 38.8 Å². The van der Waals surface area contributed by atoms with Crippen LogP contribution in [0.5, 0.6) is 0 Å². The molecule has 94 valence electrons. The summed E-state index contributed by atoms with van der Waals surface area (Å²) >= 11 is 0. The van der Waals surface area contributed by atoms with E-state index in [1.54, 1.807) is 6.92 Å². The van der Waals surface area contributed by atoms with Crippen LogP contribution in [0, 0.1) is 5.92 Å². The fraction of sp³-hybridized carbons (Fsp3) is 0.500. The van der Waals surface area contributed by atoms with Gasteiger partial charge in [0.25, 0.3) is 0 Å². The van der Waals surface area contributed by atoms with E-state index in [2.05, 4.69) is 19.2 Å². The zero-order chi connectivity index (χ0) is 12.8. The number of carbonyl (C=O) groups excluding carboxylic acids is 1. The zero-order valence-electron chi connectivity index (χ0n) is 10.8. The standard InChI is InChI=1S/C14H22N2O/c1-10(2)9-13(16-14(17)11(3)15)12-7-5-4-6-8-12/h4-8,10-11,13H,9,15H2,1-3H3,(H,16,17)/t11-,13?/m1/s1. The lowest BCUT2D eigenvalue weighted by molar-refractivity contribution is -0.122. The van der Waals surface area contributed by atoms with E-state index in [1.165, 1.54) is 0 Å². The van der Waals surface area contributed by atoms with Gasteiger partial charge in [0.05, 0.1) is 12.1 Å². The molecule has 1 unspecified atom stereocenters. The molecule has 1 aromatic carbocycles. The molecule has 0 radical (unpaired) electrons. The molecule has 3 heteroatoms. The Hall–Kier alpha value is -1.35. The summed E-state index contributed by atoms with van der Waals surface area (Å²) < 4.78 is 0. The number of rotatable bonds is 5. The first-order valence-corrected chi connectivity index (χ1v) is 6.11. The third-order valence-electron chi connectivity index (χ3n) is 2.64. The summed E-state index contributed by atoms with van der Waals surface area (Å²) in [7, 11) is 0. The van der Waals surface area contributed by atoms with Crippen LogP contribution in [0.4, 0.5) is 0 Å². The predicted molar refractivity (Wildman–Crippen MR) is 70.4 cm³/mol. The molecule has 0 saturated carbocycles. The molecule has 0 spiro atoms. The Morgan fingerprint density at radius 3 is 2.29 bits per heavy atom. The molecule has 0 heterocycles. The van der Waals surface area contributed by atoms with Gasteiger partial charge in [-0.25, -0.2) is 0 Å². The molecule has 0 aliphatic heterocycles. The van der Waals surface area contributed by atoms with Crippen LogP contribution < -0.4 is 11.1 Å². The van der Waals surface area contributed by atoms with Crippen LogP contribution in [0.2, 0.25) is 0 Å². The van der Waals surface area contributed by atoms with Gasteiger partial charge in [0.1, 0.15) is 0 Å². The van der Waals surface area contributed by atoms with Crippen molar-refractivity contribution in [3.8, 4) is 0 Å². The van der Waals surface area contributed by atoms with Crippen molar-refractivity contribution in [2.24, 2.45) is 11.7 Å². The molecular weight excluding hydrogens is 212 g/mol. The van der Waals surface area contributed by atoms with Gasteiger partial charge in [0.2, 0.25) is 5.91 Å². The second-order valence-corrected chi connectivity index (χ2v) is 4.89. The Labute approximate surface area is 103 Å². The summed E-state index contributed by atoms with van der Waals surface area (Å²) in [6.07, 6.45) is 0.919. The maximum Gasteiger partial charge on any atom is 0.237 e. The predicted octanol–water partition coefficient (Wildman–Crippen LogP) is 2.24. The SMILES string of the molecule is CC(C)CC(NC(=O)[C@@H](C)N)c1ccccc1. The average molecular weight is 234 g/mol. The highest BCUT2D eigenvalue weighted by Gasteiger charge is 2.17.